The molecule has 1 aromatic heterocycles. The van der Waals surface area contributed by atoms with Gasteiger partial charge in [0.05, 0.1) is 0 Å². The van der Waals surface area contributed by atoms with Crippen LogP contribution in [0.4, 0.5) is 0 Å². The molecule has 1 atom stereocenters. The Morgan fingerprint density at radius 1 is 0.667 bits per heavy atom. The van der Waals surface area contributed by atoms with Crippen LogP contribution < -0.4 is 0 Å². The Morgan fingerprint density at radius 3 is 2.24 bits per heavy atom. The van der Waals surface area contributed by atoms with Crippen molar-refractivity contribution in [2.75, 3.05) is 0 Å². The first-order chi connectivity index (χ1) is 10.3. The lowest BCUT2D eigenvalue weighted by atomic mass is 10.00. The van der Waals surface area contributed by atoms with Gasteiger partial charge in [0.25, 0.3) is 0 Å². The number of aliphatic hydroxyl groups is 1. The molecule has 1 heterocycles. The molecule has 2 nitrogen and oxygen atoms in total. The molecule has 0 spiro atoms. The van der Waals surface area contributed by atoms with Crippen LogP contribution in [0.2, 0.25) is 0 Å². The number of H-pyrrole nitrogens is 1. The maximum absolute atomic E-state index is 10.6. The summed E-state index contributed by atoms with van der Waals surface area (Å²) in [5.41, 5.74) is 4.05. The summed E-state index contributed by atoms with van der Waals surface area (Å²) < 4.78 is 0. The predicted octanol–water partition coefficient (Wildman–Crippen LogP) is 4.40. The number of nitrogens with one attached hydrogen (secondary N) is 1. The molecule has 1 unspecified atom stereocenters. The fourth-order valence-electron chi connectivity index (χ4n) is 2.86. The van der Waals surface area contributed by atoms with Gasteiger partial charge in [-0.3, -0.25) is 0 Å². The smallest absolute Gasteiger partial charge is 0.104 e. The van der Waals surface area contributed by atoms with Gasteiger partial charge in [-0.05, 0) is 29.3 Å². The summed E-state index contributed by atoms with van der Waals surface area (Å²) in [5.74, 6) is 0. The van der Waals surface area contributed by atoms with Crippen molar-refractivity contribution in [1.82, 2.24) is 4.98 Å². The van der Waals surface area contributed by atoms with Crippen LogP contribution in [0.5, 0.6) is 0 Å². The predicted molar refractivity (Wildman–Crippen MR) is 86.3 cm³/mol. The molecule has 0 radical (unpaired) electrons. The van der Waals surface area contributed by atoms with Crippen molar-refractivity contribution in [1.29, 1.82) is 0 Å². The Kier molecular flexibility index (Phi) is 2.76. The van der Waals surface area contributed by atoms with Crippen molar-refractivity contribution < 1.29 is 5.11 Å². The first-order valence-corrected chi connectivity index (χ1v) is 7.06. The molecule has 0 bridgehead atoms. The number of aromatic nitrogens is 1. The lowest BCUT2D eigenvalue weighted by molar-refractivity contribution is 0.220. The van der Waals surface area contributed by atoms with E-state index in [-0.39, 0.29) is 0 Å². The topological polar surface area (TPSA) is 36.0 Å². The lowest BCUT2D eigenvalue weighted by Crippen LogP contribution is -1.98. The Balaban J connectivity index is 1.88. The molecule has 2 N–H and O–H groups in total. The van der Waals surface area contributed by atoms with Gasteiger partial charge in [-0.25, -0.2) is 0 Å². The molecule has 3 aromatic carbocycles. The summed E-state index contributed by atoms with van der Waals surface area (Å²) in [7, 11) is 0. The fourth-order valence-corrected chi connectivity index (χ4v) is 2.86. The van der Waals surface area contributed by atoms with E-state index in [0.29, 0.717) is 0 Å². The average molecular weight is 273 g/mol. The molecule has 21 heavy (non-hydrogen) atoms. The summed E-state index contributed by atoms with van der Waals surface area (Å²) in [5, 5.41) is 12.9. The van der Waals surface area contributed by atoms with E-state index >= 15 is 0 Å². The van der Waals surface area contributed by atoms with E-state index in [4.69, 9.17) is 0 Å². The second-order valence-electron chi connectivity index (χ2n) is 5.29. The van der Waals surface area contributed by atoms with Gasteiger partial charge in [-0.1, -0.05) is 54.6 Å². The van der Waals surface area contributed by atoms with E-state index in [9.17, 15) is 5.11 Å². The highest BCUT2D eigenvalue weighted by atomic mass is 16.3. The highest BCUT2D eigenvalue weighted by Gasteiger charge is 2.12. The molecule has 0 fully saturated rings. The quantitative estimate of drug-likeness (QED) is 0.558. The SMILES string of the molecule is OC(c1ccccc1)c1ccc2[nH]c3ccccc3c2c1. The minimum absolute atomic E-state index is 0.593. The van der Waals surface area contributed by atoms with Gasteiger partial charge in [0.15, 0.2) is 0 Å². The molecule has 0 saturated carbocycles. The maximum Gasteiger partial charge on any atom is 0.104 e. The third kappa shape index (κ3) is 2.01. The zero-order chi connectivity index (χ0) is 14.2. The number of hydrogen-bond donors (Lipinski definition) is 2. The number of benzene rings is 3. The van der Waals surface area contributed by atoms with Gasteiger partial charge >= 0.3 is 0 Å². The van der Waals surface area contributed by atoms with Crippen LogP contribution in [-0.2, 0) is 0 Å². The first-order valence-electron chi connectivity index (χ1n) is 7.06. The average Bonchev–Trinajstić information content (AvgIpc) is 2.93. The Hall–Kier alpha value is -2.58. The van der Waals surface area contributed by atoms with Crippen LogP contribution in [0, 0.1) is 0 Å². The molecule has 4 aromatic rings. The normalized spacial score (nSPS) is 12.8. The van der Waals surface area contributed by atoms with Gasteiger partial charge in [-0.15, -0.1) is 0 Å². The van der Waals surface area contributed by atoms with Crippen molar-refractivity contribution in [2.45, 2.75) is 6.10 Å². The van der Waals surface area contributed by atoms with Crippen molar-refractivity contribution in [3.63, 3.8) is 0 Å². The van der Waals surface area contributed by atoms with Gasteiger partial charge in [0.1, 0.15) is 6.10 Å². The number of fused-ring (bicyclic) bond motifs is 3. The Morgan fingerprint density at radius 2 is 1.38 bits per heavy atom. The number of rotatable bonds is 2. The zero-order valence-corrected chi connectivity index (χ0v) is 11.5. The summed E-state index contributed by atoms with van der Waals surface area (Å²) in [6.07, 6.45) is -0.593. The molecular weight excluding hydrogens is 258 g/mol. The molecule has 4 rings (SSSR count). The van der Waals surface area contributed by atoms with Crippen molar-refractivity contribution in [3.8, 4) is 0 Å². The molecule has 2 heteroatoms. The van der Waals surface area contributed by atoms with Crippen molar-refractivity contribution in [2.24, 2.45) is 0 Å². The van der Waals surface area contributed by atoms with E-state index in [0.717, 1.165) is 27.5 Å². The van der Waals surface area contributed by atoms with E-state index in [2.05, 4.69) is 23.2 Å². The highest BCUT2D eigenvalue weighted by molar-refractivity contribution is 6.07. The number of aliphatic hydroxyl groups excluding tert-OH is 1. The number of para-hydroxylation sites is 1. The minimum Gasteiger partial charge on any atom is -0.384 e. The van der Waals surface area contributed by atoms with E-state index in [1.54, 1.807) is 0 Å². The molecule has 102 valence electrons. The summed E-state index contributed by atoms with van der Waals surface area (Å²) in [6, 6.07) is 24.1. The van der Waals surface area contributed by atoms with Gasteiger partial charge in [0, 0.05) is 21.8 Å². The van der Waals surface area contributed by atoms with E-state index in [1.165, 1.54) is 5.39 Å². The van der Waals surface area contributed by atoms with E-state index in [1.807, 2.05) is 54.6 Å². The molecular formula is C19H15NO. The second-order valence-corrected chi connectivity index (χ2v) is 5.29. The largest absolute Gasteiger partial charge is 0.384 e. The Bertz CT molecular complexity index is 909. The van der Waals surface area contributed by atoms with Crippen LogP contribution in [0.25, 0.3) is 21.8 Å². The fraction of sp³-hybridized carbons (Fsp3) is 0.0526. The highest BCUT2D eigenvalue weighted by Crippen LogP contribution is 2.29. The molecule has 0 saturated heterocycles. The van der Waals surface area contributed by atoms with Crippen LogP contribution >= 0.6 is 0 Å². The zero-order valence-electron chi connectivity index (χ0n) is 11.5. The maximum atomic E-state index is 10.6. The second kappa shape index (κ2) is 4.76. The molecule has 0 amide bonds. The molecule has 0 aliphatic heterocycles. The van der Waals surface area contributed by atoms with Crippen molar-refractivity contribution in [3.05, 3.63) is 83.9 Å². The van der Waals surface area contributed by atoms with Gasteiger partial charge in [-0.2, -0.15) is 0 Å². The third-order valence-corrected chi connectivity index (χ3v) is 3.96. The number of hydrogen-bond acceptors (Lipinski definition) is 1. The summed E-state index contributed by atoms with van der Waals surface area (Å²) >= 11 is 0. The monoisotopic (exact) mass is 273 g/mol. The van der Waals surface area contributed by atoms with Gasteiger partial charge < -0.3 is 10.1 Å². The summed E-state index contributed by atoms with van der Waals surface area (Å²) in [4.78, 5) is 3.40. The number of aromatic amines is 1. The van der Waals surface area contributed by atoms with Crippen LogP contribution in [0.3, 0.4) is 0 Å². The van der Waals surface area contributed by atoms with Crippen LogP contribution in [0.15, 0.2) is 72.8 Å². The molecule has 0 aliphatic rings. The standard InChI is InChI=1S/C19H15NO/c21-19(13-6-2-1-3-7-13)14-10-11-18-16(12-14)15-8-4-5-9-17(15)20-18/h1-12,19-21H. The minimum atomic E-state index is -0.593. The van der Waals surface area contributed by atoms with Crippen LogP contribution in [-0.4, -0.2) is 10.1 Å². The lowest BCUT2D eigenvalue weighted by Gasteiger charge is -2.11. The van der Waals surface area contributed by atoms with Crippen molar-refractivity contribution >= 4 is 21.8 Å². The third-order valence-electron chi connectivity index (χ3n) is 3.96. The molecule has 0 aliphatic carbocycles. The Labute approximate surface area is 122 Å². The first kappa shape index (κ1) is 12.2. The van der Waals surface area contributed by atoms with Gasteiger partial charge in [0.2, 0.25) is 0 Å². The summed E-state index contributed by atoms with van der Waals surface area (Å²) in [6.45, 7) is 0. The van der Waals surface area contributed by atoms with Crippen LogP contribution in [0.1, 0.15) is 17.2 Å². The van der Waals surface area contributed by atoms with E-state index < -0.39 is 6.10 Å².